The number of amides is 3. The first-order chi connectivity index (χ1) is 14.9. The van der Waals surface area contributed by atoms with Gasteiger partial charge in [0.1, 0.15) is 0 Å². The van der Waals surface area contributed by atoms with Gasteiger partial charge in [0.25, 0.3) is 5.91 Å². The highest BCUT2D eigenvalue weighted by atomic mass is 16.2. The Labute approximate surface area is 180 Å². The van der Waals surface area contributed by atoms with E-state index in [0.29, 0.717) is 17.8 Å². The summed E-state index contributed by atoms with van der Waals surface area (Å²) in [5, 5.41) is 2.85. The molecular formula is C24H24N4O3. The second-order valence-corrected chi connectivity index (χ2v) is 7.70. The summed E-state index contributed by atoms with van der Waals surface area (Å²) in [6, 6.07) is 19.9. The Morgan fingerprint density at radius 3 is 2.19 bits per heavy atom. The van der Waals surface area contributed by atoms with Gasteiger partial charge in [-0.25, -0.2) is 0 Å². The van der Waals surface area contributed by atoms with Crippen LogP contribution in [-0.2, 0) is 9.59 Å². The molecule has 0 saturated carbocycles. The molecule has 7 nitrogen and oxygen atoms in total. The minimum Gasteiger partial charge on any atom is -0.326 e. The number of hydrogen-bond donors (Lipinski definition) is 2. The SMILES string of the molecule is Cc1ccc(C)n1NC(=O)c1ccc(NC(=O)[C@H]2CC(=O)N(c3ccccc3)C2)cc1. The molecular weight excluding hydrogens is 392 g/mol. The van der Waals surface area contributed by atoms with Gasteiger partial charge >= 0.3 is 0 Å². The molecule has 3 aromatic rings. The first-order valence-electron chi connectivity index (χ1n) is 10.1. The fourth-order valence-corrected chi connectivity index (χ4v) is 3.70. The Morgan fingerprint density at radius 1 is 0.903 bits per heavy atom. The van der Waals surface area contributed by atoms with Crippen molar-refractivity contribution in [2.75, 3.05) is 22.2 Å². The van der Waals surface area contributed by atoms with E-state index in [4.69, 9.17) is 0 Å². The van der Waals surface area contributed by atoms with E-state index in [1.165, 1.54) is 0 Å². The number of hydrogen-bond acceptors (Lipinski definition) is 3. The van der Waals surface area contributed by atoms with Gasteiger partial charge < -0.3 is 10.2 Å². The van der Waals surface area contributed by atoms with E-state index < -0.39 is 5.92 Å². The smallest absolute Gasteiger partial charge is 0.270 e. The van der Waals surface area contributed by atoms with Gasteiger partial charge in [0, 0.05) is 41.3 Å². The lowest BCUT2D eigenvalue weighted by Crippen LogP contribution is -2.28. The van der Waals surface area contributed by atoms with Gasteiger partial charge in [-0.15, -0.1) is 0 Å². The molecule has 0 spiro atoms. The predicted molar refractivity (Wildman–Crippen MR) is 120 cm³/mol. The maximum Gasteiger partial charge on any atom is 0.270 e. The van der Waals surface area contributed by atoms with Crippen molar-refractivity contribution in [1.82, 2.24) is 4.68 Å². The molecule has 1 aliphatic rings. The van der Waals surface area contributed by atoms with Crippen LogP contribution in [0.3, 0.4) is 0 Å². The number of carbonyl (C=O) groups excluding carboxylic acids is 3. The van der Waals surface area contributed by atoms with Crippen molar-refractivity contribution in [1.29, 1.82) is 0 Å². The fourth-order valence-electron chi connectivity index (χ4n) is 3.70. The first-order valence-corrected chi connectivity index (χ1v) is 10.1. The van der Waals surface area contributed by atoms with E-state index in [9.17, 15) is 14.4 Å². The quantitative estimate of drug-likeness (QED) is 0.668. The van der Waals surface area contributed by atoms with Gasteiger partial charge in [0.05, 0.1) is 5.92 Å². The van der Waals surface area contributed by atoms with Crippen LogP contribution in [0.4, 0.5) is 11.4 Å². The van der Waals surface area contributed by atoms with E-state index in [0.717, 1.165) is 17.1 Å². The number of nitrogens with one attached hydrogen (secondary N) is 2. The second kappa shape index (κ2) is 8.47. The van der Waals surface area contributed by atoms with Crippen LogP contribution in [0.5, 0.6) is 0 Å². The second-order valence-electron chi connectivity index (χ2n) is 7.70. The van der Waals surface area contributed by atoms with E-state index in [1.54, 1.807) is 33.8 Å². The third-order valence-electron chi connectivity index (χ3n) is 5.46. The molecule has 0 bridgehead atoms. The number of para-hydroxylation sites is 1. The van der Waals surface area contributed by atoms with Gasteiger partial charge in [0.15, 0.2) is 0 Å². The summed E-state index contributed by atoms with van der Waals surface area (Å²) in [6.45, 7) is 4.18. The van der Waals surface area contributed by atoms with Gasteiger partial charge in [-0.2, -0.15) is 0 Å². The number of aromatic nitrogens is 1. The average Bonchev–Trinajstić information content (AvgIpc) is 3.32. The molecule has 31 heavy (non-hydrogen) atoms. The highest BCUT2D eigenvalue weighted by Crippen LogP contribution is 2.26. The van der Waals surface area contributed by atoms with Crippen molar-refractivity contribution < 1.29 is 14.4 Å². The summed E-state index contributed by atoms with van der Waals surface area (Å²) in [7, 11) is 0. The topological polar surface area (TPSA) is 83.4 Å². The average molecular weight is 416 g/mol. The Bertz CT molecular complexity index is 1100. The van der Waals surface area contributed by atoms with Crippen LogP contribution in [-0.4, -0.2) is 28.9 Å². The maximum absolute atomic E-state index is 12.7. The molecule has 4 rings (SSSR count). The normalized spacial score (nSPS) is 15.7. The number of nitrogens with zero attached hydrogens (tertiary/aromatic N) is 2. The highest BCUT2D eigenvalue weighted by Gasteiger charge is 2.35. The zero-order valence-corrected chi connectivity index (χ0v) is 17.5. The van der Waals surface area contributed by atoms with Gasteiger partial charge in [0.2, 0.25) is 11.8 Å². The van der Waals surface area contributed by atoms with Gasteiger partial charge in [-0.05, 0) is 62.4 Å². The Kier molecular flexibility index (Phi) is 5.58. The van der Waals surface area contributed by atoms with Crippen molar-refractivity contribution in [3.05, 3.63) is 83.7 Å². The van der Waals surface area contributed by atoms with Crippen LogP contribution < -0.4 is 15.6 Å². The van der Waals surface area contributed by atoms with Crippen LogP contribution in [0.25, 0.3) is 0 Å². The minimum absolute atomic E-state index is 0.0611. The number of benzene rings is 2. The number of anilines is 2. The molecule has 1 aromatic heterocycles. The van der Waals surface area contributed by atoms with Crippen molar-refractivity contribution in [3.63, 3.8) is 0 Å². The van der Waals surface area contributed by atoms with Crippen LogP contribution in [0.15, 0.2) is 66.7 Å². The Hall–Kier alpha value is -3.87. The molecule has 0 unspecified atom stereocenters. The Morgan fingerprint density at radius 2 is 1.55 bits per heavy atom. The van der Waals surface area contributed by atoms with Gasteiger partial charge in [-0.3, -0.25) is 24.5 Å². The summed E-state index contributed by atoms with van der Waals surface area (Å²) >= 11 is 0. The van der Waals surface area contributed by atoms with E-state index in [2.05, 4.69) is 10.7 Å². The molecule has 0 radical (unpaired) electrons. The van der Waals surface area contributed by atoms with Crippen LogP contribution in [0.1, 0.15) is 28.2 Å². The van der Waals surface area contributed by atoms with E-state index in [-0.39, 0.29) is 24.1 Å². The molecule has 1 saturated heterocycles. The monoisotopic (exact) mass is 416 g/mol. The predicted octanol–water partition coefficient (Wildman–Crippen LogP) is 3.48. The van der Waals surface area contributed by atoms with Crippen LogP contribution in [0, 0.1) is 19.8 Å². The summed E-state index contributed by atoms with van der Waals surface area (Å²) < 4.78 is 1.73. The zero-order valence-electron chi connectivity index (χ0n) is 17.5. The summed E-state index contributed by atoms with van der Waals surface area (Å²) in [4.78, 5) is 39.2. The lowest BCUT2D eigenvalue weighted by atomic mass is 10.1. The number of aryl methyl sites for hydroxylation is 2. The summed E-state index contributed by atoms with van der Waals surface area (Å²) in [5.74, 6) is -0.924. The Balaban J connectivity index is 1.37. The van der Waals surface area contributed by atoms with Crippen molar-refractivity contribution in [2.45, 2.75) is 20.3 Å². The van der Waals surface area contributed by atoms with Crippen molar-refractivity contribution in [2.24, 2.45) is 5.92 Å². The molecule has 1 atom stereocenters. The standard InChI is InChI=1S/C24H24N4O3/c1-16-8-9-17(2)28(16)26-24(31)18-10-12-20(13-11-18)25-23(30)19-14-22(29)27(15-19)21-6-4-3-5-7-21/h3-13,19H,14-15H2,1-2H3,(H,25,30)(H,26,31)/t19-/m0/s1. The fraction of sp³-hybridized carbons (Fsp3) is 0.208. The highest BCUT2D eigenvalue weighted by molar-refractivity contribution is 6.04. The largest absolute Gasteiger partial charge is 0.326 e. The molecule has 0 aliphatic carbocycles. The molecule has 3 amide bonds. The summed E-state index contributed by atoms with van der Waals surface area (Å²) in [6.07, 6.45) is 0.177. The van der Waals surface area contributed by atoms with E-state index in [1.807, 2.05) is 56.3 Å². The lowest BCUT2D eigenvalue weighted by molar-refractivity contribution is -0.122. The molecule has 2 heterocycles. The minimum atomic E-state index is -0.421. The third kappa shape index (κ3) is 4.35. The number of rotatable bonds is 5. The third-order valence-corrected chi connectivity index (χ3v) is 5.46. The number of carbonyl (C=O) groups is 3. The van der Waals surface area contributed by atoms with E-state index >= 15 is 0 Å². The molecule has 7 heteroatoms. The van der Waals surface area contributed by atoms with Crippen molar-refractivity contribution in [3.8, 4) is 0 Å². The maximum atomic E-state index is 12.7. The van der Waals surface area contributed by atoms with Gasteiger partial charge in [-0.1, -0.05) is 18.2 Å². The molecule has 2 N–H and O–H groups in total. The van der Waals surface area contributed by atoms with Crippen LogP contribution >= 0.6 is 0 Å². The first kappa shape index (κ1) is 20.4. The van der Waals surface area contributed by atoms with Crippen LogP contribution in [0.2, 0.25) is 0 Å². The molecule has 158 valence electrons. The lowest BCUT2D eigenvalue weighted by Gasteiger charge is -2.16. The summed E-state index contributed by atoms with van der Waals surface area (Å²) in [5.41, 5.74) is 6.59. The molecule has 2 aromatic carbocycles. The molecule has 1 aliphatic heterocycles. The molecule has 1 fully saturated rings. The zero-order chi connectivity index (χ0) is 22.0. The van der Waals surface area contributed by atoms with Crippen molar-refractivity contribution >= 4 is 29.1 Å².